The topological polar surface area (TPSA) is 122 Å². The number of nitriles is 1. The van der Waals surface area contributed by atoms with Gasteiger partial charge in [-0.15, -0.1) is 10.2 Å². The molecule has 4 aromatic heterocycles. The summed E-state index contributed by atoms with van der Waals surface area (Å²) in [6, 6.07) is 7.81. The second-order valence-electron chi connectivity index (χ2n) is 9.96. The Morgan fingerprint density at radius 3 is 2.68 bits per heavy atom. The van der Waals surface area contributed by atoms with Crippen LogP contribution >= 0.6 is 11.3 Å². The fraction of sp³-hybridized carbons (Fsp3) is 0.385. The quantitative estimate of drug-likeness (QED) is 0.404. The van der Waals surface area contributed by atoms with E-state index in [1.807, 2.05) is 56.8 Å². The van der Waals surface area contributed by atoms with Gasteiger partial charge >= 0.3 is 6.09 Å². The first-order valence-electron chi connectivity index (χ1n) is 12.1. The number of nitrogens with one attached hydrogen (secondary N) is 1. The molecule has 5 rings (SSSR count). The number of anilines is 1. The molecule has 0 spiro atoms. The number of aromatic nitrogens is 5. The van der Waals surface area contributed by atoms with Gasteiger partial charge < -0.3 is 15.0 Å². The van der Waals surface area contributed by atoms with E-state index < -0.39 is 5.60 Å². The number of rotatable bonds is 4. The molecule has 1 aliphatic rings. The molecule has 0 atom stereocenters. The number of fused-ring (bicyclic) bond motifs is 1. The van der Waals surface area contributed by atoms with E-state index in [0.29, 0.717) is 24.5 Å². The third kappa shape index (κ3) is 5.11. The molecule has 0 unspecified atom stereocenters. The van der Waals surface area contributed by atoms with Gasteiger partial charge in [-0.3, -0.25) is 4.57 Å². The maximum Gasteiger partial charge on any atom is 0.410 e. The molecular weight excluding hydrogens is 488 g/mol. The predicted molar refractivity (Wildman–Crippen MR) is 142 cm³/mol. The first-order valence-corrected chi connectivity index (χ1v) is 12.9. The van der Waals surface area contributed by atoms with Crippen molar-refractivity contribution in [2.24, 2.45) is 0 Å². The zero-order chi connectivity index (χ0) is 26.2. The minimum absolute atomic E-state index is 0.255. The predicted octanol–water partition coefficient (Wildman–Crippen LogP) is 4.97. The van der Waals surface area contributed by atoms with Crippen LogP contribution in [0.5, 0.6) is 0 Å². The second kappa shape index (κ2) is 9.78. The summed E-state index contributed by atoms with van der Waals surface area (Å²) in [5.41, 5.74) is 2.51. The highest BCUT2D eigenvalue weighted by Gasteiger charge is 2.29. The van der Waals surface area contributed by atoms with Crippen molar-refractivity contribution < 1.29 is 9.53 Å². The lowest BCUT2D eigenvalue weighted by atomic mass is 9.98. The van der Waals surface area contributed by atoms with E-state index in [0.717, 1.165) is 45.1 Å². The Kier molecular flexibility index (Phi) is 6.52. The average Bonchev–Trinajstić information content (AvgIpc) is 3.54. The van der Waals surface area contributed by atoms with Gasteiger partial charge in [0.2, 0.25) is 0 Å². The lowest BCUT2D eigenvalue weighted by Crippen LogP contribution is -2.41. The van der Waals surface area contributed by atoms with Crippen LogP contribution in [-0.2, 0) is 4.74 Å². The maximum absolute atomic E-state index is 12.4. The smallest absolute Gasteiger partial charge is 0.410 e. The van der Waals surface area contributed by atoms with Gasteiger partial charge in [0.05, 0.1) is 11.1 Å². The molecule has 4 aromatic rings. The van der Waals surface area contributed by atoms with Gasteiger partial charge in [-0.05, 0) is 45.7 Å². The second-order valence-corrected chi connectivity index (χ2v) is 11.0. The van der Waals surface area contributed by atoms with Crippen molar-refractivity contribution in [1.82, 2.24) is 29.6 Å². The Bertz CT molecular complexity index is 1490. The molecule has 5 heterocycles. The first kappa shape index (κ1) is 24.6. The number of nitrogens with zero attached hydrogens (tertiary/aromatic N) is 7. The molecule has 0 saturated carbocycles. The van der Waals surface area contributed by atoms with Crippen LogP contribution in [0.4, 0.5) is 10.5 Å². The lowest BCUT2D eigenvalue weighted by molar-refractivity contribution is 0.0204. The van der Waals surface area contributed by atoms with Crippen LogP contribution in [0.2, 0.25) is 0 Å². The number of amides is 1. The molecule has 0 aromatic carbocycles. The number of piperidine rings is 1. The van der Waals surface area contributed by atoms with Crippen LogP contribution < -0.4 is 5.32 Å². The van der Waals surface area contributed by atoms with Crippen molar-refractivity contribution in [2.75, 3.05) is 25.5 Å². The summed E-state index contributed by atoms with van der Waals surface area (Å²) in [5.74, 6) is 0.963. The fourth-order valence-corrected chi connectivity index (χ4v) is 5.40. The van der Waals surface area contributed by atoms with E-state index in [1.54, 1.807) is 28.6 Å². The molecule has 1 amide bonds. The third-order valence-corrected chi connectivity index (χ3v) is 7.35. The molecule has 10 nitrogen and oxygen atoms in total. The lowest BCUT2D eigenvalue weighted by Gasteiger charge is -2.32. The highest BCUT2D eigenvalue weighted by atomic mass is 32.1. The van der Waals surface area contributed by atoms with Crippen LogP contribution in [0.1, 0.15) is 50.1 Å². The molecule has 1 N–H and O–H groups in total. The van der Waals surface area contributed by atoms with Gasteiger partial charge in [-0.1, -0.05) is 11.3 Å². The molecule has 11 heteroatoms. The number of carbonyl (C=O) groups is 1. The Labute approximate surface area is 218 Å². The van der Waals surface area contributed by atoms with E-state index >= 15 is 0 Å². The largest absolute Gasteiger partial charge is 0.444 e. The number of hydrogen-bond acceptors (Lipinski definition) is 9. The fourth-order valence-electron chi connectivity index (χ4n) is 4.37. The van der Waals surface area contributed by atoms with Gasteiger partial charge in [0.25, 0.3) is 0 Å². The van der Waals surface area contributed by atoms with Gasteiger partial charge in [0.15, 0.2) is 5.01 Å². The number of ether oxygens (including phenoxy) is 1. The molecule has 1 saturated heterocycles. The van der Waals surface area contributed by atoms with Crippen molar-refractivity contribution in [2.45, 2.75) is 45.1 Å². The highest BCUT2D eigenvalue weighted by molar-refractivity contribution is 7.14. The highest BCUT2D eigenvalue weighted by Crippen LogP contribution is 2.36. The minimum atomic E-state index is -0.497. The van der Waals surface area contributed by atoms with Crippen molar-refractivity contribution >= 4 is 34.2 Å². The molecule has 0 radical (unpaired) electrons. The van der Waals surface area contributed by atoms with Crippen molar-refractivity contribution in [3.63, 3.8) is 0 Å². The first-order chi connectivity index (χ1) is 17.8. The summed E-state index contributed by atoms with van der Waals surface area (Å²) < 4.78 is 7.40. The summed E-state index contributed by atoms with van der Waals surface area (Å²) in [4.78, 5) is 23.3. The third-order valence-electron chi connectivity index (χ3n) is 6.23. The van der Waals surface area contributed by atoms with E-state index in [9.17, 15) is 4.79 Å². The molecule has 1 aliphatic heterocycles. The van der Waals surface area contributed by atoms with Crippen LogP contribution in [0.3, 0.4) is 0 Å². The number of hydrogen-bond donors (Lipinski definition) is 1. The monoisotopic (exact) mass is 516 g/mol. The summed E-state index contributed by atoms with van der Waals surface area (Å²) in [6.45, 7) is 6.92. The zero-order valence-corrected chi connectivity index (χ0v) is 22.0. The van der Waals surface area contributed by atoms with E-state index in [-0.39, 0.29) is 12.0 Å². The number of carbonyl (C=O) groups excluding carboxylic acids is 1. The van der Waals surface area contributed by atoms with Gasteiger partial charge in [-0.25, -0.2) is 14.8 Å². The van der Waals surface area contributed by atoms with Gasteiger partial charge in [-0.2, -0.15) is 5.26 Å². The molecule has 1 fully saturated rings. The van der Waals surface area contributed by atoms with Gasteiger partial charge in [0, 0.05) is 61.8 Å². The van der Waals surface area contributed by atoms with E-state index in [4.69, 9.17) is 10.00 Å². The molecule has 190 valence electrons. The molecule has 0 aliphatic carbocycles. The van der Waals surface area contributed by atoms with Crippen molar-refractivity contribution in [1.29, 1.82) is 5.26 Å². The van der Waals surface area contributed by atoms with Crippen LogP contribution in [0.15, 0.2) is 36.8 Å². The molecular formula is C26H28N8O2S. The average molecular weight is 517 g/mol. The summed E-state index contributed by atoms with van der Waals surface area (Å²) in [5, 5.41) is 24.0. The standard InChI is InChI=1S/C26H28N8O2S/c1-26(2,3)36-25(35)33-8-5-17(6-9-33)23-31-32-24(37-23)19-15-29-21(12-20(19)28-4)34-10-7-18-11-16(13-27)14-30-22(18)34/h7,10-12,14-15,17H,5-6,8-9H2,1-4H3,(H,28,29). The summed E-state index contributed by atoms with van der Waals surface area (Å²) in [7, 11) is 1.86. The number of likely N-dealkylation sites (tertiary alicyclic amines) is 1. The molecule has 37 heavy (non-hydrogen) atoms. The zero-order valence-electron chi connectivity index (χ0n) is 21.2. The SMILES string of the molecule is CNc1cc(-n2ccc3cc(C#N)cnc32)ncc1-c1nnc(C2CCN(C(=O)OC(C)(C)C)CC2)s1. The molecule has 0 bridgehead atoms. The normalized spacial score (nSPS) is 14.5. The van der Waals surface area contributed by atoms with Crippen LogP contribution in [0.25, 0.3) is 27.4 Å². The summed E-state index contributed by atoms with van der Waals surface area (Å²) >= 11 is 1.56. The van der Waals surface area contributed by atoms with Gasteiger partial charge in [0.1, 0.15) is 28.1 Å². The maximum atomic E-state index is 12.4. The minimum Gasteiger partial charge on any atom is -0.444 e. The van der Waals surface area contributed by atoms with Crippen molar-refractivity contribution in [3.05, 3.63) is 47.4 Å². The Morgan fingerprint density at radius 1 is 1.19 bits per heavy atom. The Balaban J connectivity index is 1.33. The van der Waals surface area contributed by atoms with E-state index in [2.05, 4.69) is 31.6 Å². The van der Waals surface area contributed by atoms with Crippen molar-refractivity contribution in [3.8, 4) is 22.5 Å². The van der Waals surface area contributed by atoms with Crippen LogP contribution in [0, 0.1) is 11.3 Å². The Hall–Kier alpha value is -4.04. The van der Waals surface area contributed by atoms with Crippen LogP contribution in [-0.4, -0.2) is 61.5 Å². The Morgan fingerprint density at radius 2 is 1.97 bits per heavy atom. The van der Waals surface area contributed by atoms with E-state index in [1.165, 1.54) is 0 Å². The number of pyridine rings is 2. The summed E-state index contributed by atoms with van der Waals surface area (Å²) in [6.07, 6.45) is 6.65.